The van der Waals surface area contributed by atoms with E-state index in [2.05, 4.69) is 5.32 Å². The molecule has 0 atom stereocenters. The van der Waals surface area contributed by atoms with Crippen LogP contribution in [0.5, 0.6) is 0 Å². The second-order valence-electron chi connectivity index (χ2n) is 6.02. The molecule has 0 aliphatic carbocycles. The van der Waals surface area contributed by atoms with Crippen molar-refractivity contribution in [2.75, 3.05) is 11.1 Å². The van der Waals surface area contributed by atoms with Crippen LogP contribution in [0.25, 0.3) is 0 Å². The van der Waals surface area contributed by atoms with E-state index in [0.717, 1.165) is 16.8 Å². The van der Waals surface area contributed by atoms with E-state index in [0.29, 0.717) is 12.2 Å². The molecular weight excluding hydrogens is 364 g/mol. The second kappa shape index (κ2) is 9.33. The maximum absolute atomic E-state index is 13.3. The average molecular weight is 383 g/mol. The van der Waals surface area contributed by atoms with Gasteiger partial charge in [-0.1, -0.05) is 42.5 Å². The molecule has 0 saturated heterocycles. The summed E-state index contributed by atoms with van der Waals surface area (Å²) in [6.45, 7) is 0. The topological polar surface area (TPSA) is 29.1 Å². The number of thioether (sulfide) groups is 1. The highest BCUT2D eigenvalue weighted by atomic mass is 32.2. The molecule has 27 heavy (non-hydrogen) atoms. The fourth-order valence-corrected chi connectivity index (χ4v) is 3.91. The largest absolute Gasteiger partial charge is 0.326 e. The predicted molar refractivity (Wildman–Crippen MR) is 107 cm³/mol. The number of para-hydroxylation sites is 1. The van der Waals surface area contributed by atoms with Crippen LogP contribution in [0.15, 0.2) is 78.9 Å². The van der Waals surface area contributed by atoms with Crippen LogP contribution in [-0.4, -0.2) is 11.7 Å². The summed E-state index contributed by atoms with van der Waals surface area (Å²) in [7, 11) is 0. The van der Waals surface area contributed by atoms with E-state index in [9.17, 15) is 13.6 Å². The van der Waals surface area contributed by atoms with E-state index in [1.807, 2.05) is 30.3 Å². The minimum atomic E-state index is -0.302. The Labute approximate surface area is 161 Å². The van der Waals surface area contributed by atoms with Crippen LogP contribution in [0.3, 0.4) is 0 Å². The van der Waals surface area contributed by atoms with Gasteiger partial charge in [0.05, 0.1) is 5.25 Å². The van der Waals surface area contributed by atoms with Crippen LogP contribution in [0.2, 0.25) is 0 Å². The van der Waals surface area contributed by atoms with Gasteiger partial charge in [-0.15, -0.1) is 11.8 Å². The van der Waals surface area contributed by atoms with E-state index in [1.54, 1.807) is 36.0 Å². The number of carbonyl (C=O) groups is 1. The molecule has 0 aliphatic heterocycles. The van der Waals surface area contributed by atoms with Crippen LogP contribution in [0, 0.1) is 11.6 Å². The van der Waals surface area contributed by atoms with E-state index in [-0.39, 0.29) is 22.8 Å². The van der Waals surface area contributed by atoms with E-state index >= 15 is 0 Å². The van der Waals surface area contributed by atoms with Crippen molar-refractivity contribution in [2.45, 2.75) is 11.7 Å². The molecule has 0 aliphatic rings. The van der Waals surface area contributed by atoms with E-state index in [4.69, 9.17) is 0 Å². The molecule has 0 aromatic heterocycles. The highest BCUT2D eigenvalue weighted by Crippen LogP contribution is 2.36. The molecule has 2 nitrogen and oxygen atoms in total. The monoisotopic (exact) mass is 383 g/mol. The average Bonchev–Trinajstić information content (AvgIpc) is 2.68. The maximum atomic E-state index is 13.3. The number of anilines is 1. The highest BCUT2D eigenvalue weighted by Gasteiger charge is 2.16. The number of nitrogens with one attached hydrogen (secondary N) is 1. The number of carbonyl (C=O) groups excluding carboxylic acids is 1. The van der Waals surface area contributed by atoms with Crippen molar-refractivity contribution in [3.63, 3.8) is 0 Å². The Hall–Kier alpha value is -2.66. The van der Waals surface area contributed by atoms with Gasteiger partial charge < -0.3 is 5.32 Å². The smallest absolute Gasteiger partial charge is 0.225 e. The molecule has 0 bridgehead atoms. The van der Waals surface area contributed by atoms with Gasteiger partial charge in [-0.3, -0.25) is 4.79 Å². The van der Waals surface area contributed by atoms with Gasteiger partial charge >= 0.3 is 0 Å². The minimum Gasteiger partial charge on any atom is -0.326 e. The van der Waals surface area contributed by atoms with Crippen molar-refractivity contribution in [1.29, 1.82) is 0 Å². The van der Waals surface area contributed by atoms with Gasteiger partial charge in [0.15, 0.2) is 0 Å². The lowest BCUT2D eigenvalue weighted by Gasteiger charge is -2.18. The number of amides is 1. The fraction of sp³-hybridized carbons (Fsp3) is 0.136. The molecule has 0 radical (unpaired) electrons. The number of halogens is 2. The molecule has 138 valence electrons. The van der Waals surface area contributed by atoms with Crippen LogP contribution in [0.4, 0.5) is 14.5 Å². The van der Waals surface area contributed by atoms with Crippen LogP contribution in [0.1, 0.15) is 22.8 Å². The lowest BCUT2D eigenvalue weighted by Crippen LogP contribution is -2.12. The summed E-state index contributed by atoms with van der Waals surface area (Å²) in [6.07, 6.45) is 0.346. The Morgan fingerprint density at radius 2 is 1.33 bits per heavy atom. The van der Waals surface area contributed by atoms with E-state index in [1.165, 1.54) is 24.3 Å². The molecule has 0 spiro atoms. The molecule has 0 heterocycles. The van der Waals surface area contributed by atoms with Crippen molar-refractivity contribution in [3.05, 3.63) is 102 Å². The lowest BCUT2D eigenvalue weighted by atomic mass is 10.0. The normalized spacial score (nSPS) is 10.8. The molecule has 3 aromatic carbocycles. The number of hydrogen-bond acceptors (Lipinski definition) is 2. The van der Waals surface area contributed by atoms with Crippen LogP contribution < -0.4 is 5.32 Å². The van der Waals surface area contributed by atoms with Crippen molar-refractivity contribution < 1.29 is 13.6 Å². The van der Waals surface area contributed by atoms with E-state index < -0.39 is 0 Å². The minimum absolute atomic E-state index is 0.0642. The lowest BCUT2D eigenvalue weighted by molar-refractivity contribution is -0.115. The molecule has 1 N–H and O–H groups in total. The summed E-state index contributed by atoms with van der Waals surface area (Å²) < 4.78 is 26.5. The second-order valence-corrected chi connectivity index (χ2v) is 7.23. The van der Waals surface area contributed by atoms with Crippen LogP contribution in [-0.2, 0) is 4.79 Å². The third-order valence-electron chi connectivity index (χ3n) is 4.02. The van der Waals surface area contributed by atoms with Crippen LogP contribution >= 0.6 is 11.8 Å². The maximum Gasteiger partial charge on any atom is 0.225 e. The Bertz CT molecular complexity index is 822. The molecule has 3 rings (SSSR count). The first-order chi connectivity index (χ1) is 13.1. The summed E-state index contributed by atoms with van der Waals surface area (Å²) in [6, 6.07) is 21.8. The highest BCUT2D eigenvalue weighted by molar-refractivity contribution is 7.99. The summed E-state index contributed by atoms with van der Waals surface area (Å²) in [5, 5.41) is 2.76. The summed E-state index contributed by atoms with van der Waals surface area (Å²) in [4.78, 5) is 12.1. The third kappa shape index (κ3) is 5.66. The Morgan fingerprint density at radius 1 is 0.815 bits per heavy atom. The van der Waals surface area contributed by atoms with Gasteiger partial charge in [-0.2, -0.15) is 0 Å². The SMILES string of the molecule is O=C(CCSC(c1ccc(F)cc1)c1ccc(F)cc1)Nc1ccccc1. The summed E-state index contributed by atoms with van der Waals surface area (Å²) in [5.41, 5.74) is 2.59. The van der Waals surface area contributed by atoms with Gasteiger partial charge in [-0.25, -0.2) is 8.78 Å². The molecule has 3 aromatic rings. The van der Waals surface area contributed by atoms with Gasteiger partial charge in [0, 0.05) is 17.9 Å². The van der Waals surface area contributed by atoms with Gasteiger partial charge in [0.25, 0.3) is 0 Å². The van der Waals surface area contributed by atoms with Crippen molar-refractivity contribution in [3.8, 4) is 0 Å². The first-order valence-corrected chi connectivity index (χ1v) is 9.64. The summed E-state index contributed by atoms with van der Waals surface area (Å²) in [5.74, 6) is -0.0868. The standard InChI is InChI=1S/C22H19F2NOS/c23-18-10-6-16(7-11-18)22(17-8-12-19(24)13-9-17)27-15-14-21(26)25-20-4-2-1-3-5-20/h1-13,22H,14-15H2,(H,25,26). The van der Waals surface area contributed by atoms with Gasteiger partial charge in [0.1, 0.15) is 11.6 Å². The molecule has 0 fully saturated rings. The Kier molecular flexibility index (Phi) is 6.60. The molecule has 1 amide bonds. The molecule has 0 unspecified atom stereocenters. The fourth-order valence-electron chi connectivity index (χ4n) is 2.67. The van der Waals surface area contributed by atoms with Crippen molar-refractivity contribution >= 4 is 23.4 Å². The molecule has 5 heteroatoms. The number of hydrogen-bond donors (Lipinski definition) is 1. The number of rotatable bonds is 7. The zero-order valence-corrected chi connectivity index (χ0v) is 15.4. The summed E-state index contributed by atoms with van der Waals surface area (Å²) >= 11 is 1.57. The van der Waals surface area contributed by atoms with Crippen molar-refractivity contribution in [1.82, 2.24) is 0 Å². The first kappa shape index (κ1) is 19.1. The first-order valence-electron chi connectivity index (χ1n) is 8.59. The third-order valence-corrected chi connectivity index (χ3v) is 5.33. The van der Waals surface area contributed by atoms with Gasteiger partial charge in [-0.05, 0) is 47.5 Å². The quantitative estimate of drug-likeness (QED) is 0.557. The Balaban J connectivity index is 1.65. The zero-order valence-electron chi connectivity index (χ0n) is 14.6. The number of benzene rings is 3. The molecular formula is C22H19F2NOS. The Morgan fingerprint density at radius 3 is 1.85 bits per heavy atom. The zero-order chi connectivity index (χ0) is 19.1. The van der Waals surface area contributed by atoms with Gasteiger partial charge in [0.2, 0.25) is 5.91 Å². The predicted octanol–water partition coefficient (Wildman–Crippen LogP) is 5.82. The van der Waals surface area contributed by atoms with Crippen molar-refractivity contribution in [2.24, 2.45) is 0 Å². The molecule has 0 saturated carbocycles.